The molecule has 0 aliphatic rings. The zero-order valence-electron chi connectivity index (χ0n) is 8.88. The Bertz CT molecular complexity index is 273. The Morgan fingerprint density at radius 3 is 2.79 bits per heavy atom. The Balaban J connectivity index is 2.22. The Hall–Kier alpha value is 0.1000. The van der Waals surface area contributed by atoms with Crippen LogP contribution in [0.25, 0.3) is 0 Å². The lowest BCUT2D eigenvalue weighted by atomic mass is 10.3. The first-order chi connectivity index (χ1) is 6.59. The molecule has 0 amide bonds. The molecule has 0 fully saturated rings. The van der Waals surface area contributed by atoms with Gasteiger partial charge in [0.2, 0.25) is 0 Å². The molecule has 1 N–H and O–H groups in total. The van der Waals surface area contributed by atoms with Crippen molar-refractivity contribution >= 4 is 27.3 Å². The molecule has 0 radical (unpaired) electrons. The third kappa shape index (κ3) is 4.09. The molecule has 4 heteroatoms. The van der Waals surface area contributed by atoms with E-state index in [4.69, 9.17) is 0 Å². The molecule has 80 valence electrons. The van der Waals surface area contributed by atoms with E-state index < -0.39 is 0 Å². The van der Waals surface area contributed by atoms with Gasteiger partial charge >= 0.3 is 0 Å². The molecule has 0 spiro atoms. The van der Waals surface area contributed by atoms with E-state index >= 15 is 0 Å². The second-order valence-corrected chi connectivity index (χ2v) is 5.99. The molecule has 1 rings (SSSR count). The lowest BCUT2D eigenvalue weighted by molar-refractivity contribution is 0.302. The highest BCUT2D eigenvalue weighted by atomic mass is 79.9. The molecular weight excluding hydrogens is 260 g/mol. The number of nitrogens with zero attached hydrogens (tertiary/aromatic N) is 1. The highest BCUT2D eigenvalue weighted by Gasteiger charge is 2.03. The number of thiophene rings is 1. The van der Waals surface area contributed by atoms with Gasteiger partial charge in [0.25, 0.3) is 0 Å². The number of halogens is 1. The molecule has 1 unspecified atom stereocenters. The van der Waals surface area contributed by atoms with E-state index in [1.807, 2.05) is 0 Å². The highest BCUT2D eigenvalue weighted by Crippen LogP contribution is 2.20. The summed E-state index contributed by atoms with van der Waals surface area (Å²) in [5, 5.41) is 5.62. The van der Waals surface area contributed by atoms with Crippen LogP contribution in [0, 0.1) is 0 Å². The van der Waals surface area contributed by atoms with E-state index in [2.05, 4.69) is 58.6 Å². The SMILES string of the molecule is CC(CNCc1csc(Br)c1)N(C)C. The predicted octanol–water partition coefficient (Wildman–Crippen LogP) is 2.55. The molecule has 1 heterocycles. The average Bonchev–Trinajstić information content (AvgIpc) is 2.51. The second-order valence-electron chi connectivity index (χ2n) is 3.70. The fraction of sp³-hybridized carbons (Fsp3) is 0.600. The number of hydrogen-bond donors (Lipinski definition) is 1. The van der Waals surface area contributed by atoms with Crippen LogP contribution in [0.15, 0.2) is 15.2 Å². The lowest BCUT2D eigenvalue weighted by Crippen LogP contribution is -2.35. The summed E-state index contributed by atoms with van der Waals surface area (Å²) in [6, 6.07) is 2.75. The molecule has 0 bridgehead atoms. The lowest BCUT2D eigenvalue weighted by Gasteiger charge is -2.19. The van der Waals surface area contributed by atoms with Crippen LogP contribution in [0.4, 0.5) is 0 Å². The zero-order valence-corrected chi connectivity index (χ0v) is 11.3. The van der Waals surface area contributed by atoms with Crippen LogP contribution in [0.5, 0.6) is 0 Å². The molecule has 0 aliphatic carbocycles. The average molecular weight is 277 g/mol. The number of nitrogens with one attached hydrogen (secondary N) is 1. The van der Waals surface area contributed by atoms with Crippen molar-refractivity contribution < 1.29 is 0 Å². The van der Waals surface area contributed by atoms with Gasteiger partial charge in [0, 0.05) is 19.1 Å². The number of likely N-dealkylation sites (N-methyl/N-ethyl adjacent to an activating group) is 1. The van der Waals surface area contributed by atoms with E-state index in [1.54, 1.807) is 11.3 Å². The zero-order chi connectivity index (χ0) is 10.6. The summed E-state index contributed by atoms with van der Waals surface area (Å²) in [5.41, 5.74) is 1.35. The molecule has 14 heavy (non-hydrogen) atoms. The van der Waals surface area contributed by atoms with Crippen LogP contribution < -0.4 is 5.32 Å². The number of rotatable bonds is 5. The van der Waals surface area contributed by atoms with Crippen molar-refractivity contribution in [3.05, 3.63) is 20.8 Å². The Labute approximate surface area is 98.4 Å². The monoisotopic (exact) mass is 276 g/mol. The van der Waals surface area contributed by atoms with Gasteiger partial charge in [0.1, 0.15) is 0 Å². The first-order valence-corrected chi connectivity index (χ1v) is 6.37. The Morgan fingerprint density at radius 2 is 2.29 bits per heavy atom. The number of hydrogen-bond acceptors (Lipinski definition) is 3. The van der Waals surface area contributed by atoms with Crippen LogP contribution in [-0.2, 0) is 6.54 Å². The van der Waals surface area contributed by atoms with Crippen molar-refractivity contribution in [3.8, 4) is 0 Å². The highest BCUT2D eigenvalue weighted by molar-refractivity contribution is 9.11. The molecule has 1 aromatic heterocycles. The molecule has 0 aliphatic heterocycles. The van der Waals surface area contributed by atoms with Gasteiger partial charge in [0.05, 0.1) is 3.79 Å². The Morgan fingerprint density at radius 1 is 1.57 bits per heavy atom. The van der Waals surface area contributed by atoms with E-state index in [9.17, 15) is 0 Å². The van der Waals surface area contributed by atoms with E-state index in [0.717, 1.165) is 13.1 Å². The van der Waals surface area contributed by atoms with Crippen molar-refractivity contribution in [3.63, 3.8) is 0 Å². The van der Waals surface area contributed by atoms with Crippen LogP contribution in [0.2, 0.25) is 0 Å². The van der Waals surface area contributed by atoms with Crippen molar-refractivity contribution in [2.45, 2.75) is 19.5 Å². The maximum absolute atomic E-state index is 3.46. The molecule has 1 aromatic rings. The molecule has 0 saturated heterocycles. The minimum absolute atomic E-state index is 0.581. The Kier molecular flexibility index (Phi) is 5.09. The molecule has 2 nitrogen and oxygen atoms in total. The second kappa shape index (κ2) is 5.85. The van der Waals surface area contributed by atoms with E-state index in [1.165, 1.54) is 9.35 Å². The third-order valence-electron chi connectivity index (χ3n) is 2.27. The summed E-state index contributed by atoms with van der Waals surface area (Å²) in [6.07, 6.45) is 0. The quantitative estimate of drug-likeness (QED) is 0.889. The smallest absolute Gasteiger partial charge is 0.0701 e. The van der Waals surface area contributed by atoms with Crippen molar-refractivity contribution in [2.24, 2.45) is 0 Å². The molecule has 1 atom stereocenters. The first-order valence-electron chi connectivity index (χ1n) is 4.69. The van der Waals surface area contributed by atoms with Crippen molar-refractivity contribution in [1.29, 1.82) is 0 Å². The molecule has 0 saturated carbocycles. The van der Waals surface area contributed by atoms with Crippen LogP contribution in [0.1, 0.15) is 12.5 Å². The molecular formula is C10H17BrN2S. The van der Waals surface area contributed by atoms with Crippen LogP contribution >= 0.6 is 27.3 Å². The minimum Gasteiger partial charge on any atom is -0.311 e. The van der Waals surface area contributed by atoms with Gasteiger partial charge in [-0.3, -0.25) is 0 Å². The van der Waals surface area contributed by atoms with Gasteiger partial charge in [-0.25, -0.2) is 0 Å². The van der Waals surface area contributed by atoms with Gasteiger partial charge in [-0.05, 0) is 54.0 Å². The fourth-order valence-electron chi connectivity index (χ4n) is 1.05. The topological polar surface area (TPSA) is 15.3 Å². The van der Waals surface area contributed by atoms with Crippen LogP contribution in [0.3, 0.4) is 0 Å². The van der Waals surface area contributed by atoms with Gasteiger partial charge in [-0.15, -0.1) is 11.3 Å². The predicted molar refractivity (Wildman–Crippen MR) is 66.9 cm³/mol. The van der Waals surface area contributed by atoms with Gasteiger partial charge in [-0.1, -0.05) is 0 Å². The minimum atomic E-state index is 0.581. The summed E-state index contributed by atoms with van der Waals surface area (Å²) < 4.78 is 1.20. The third-order valence-corrected chi connectivity index (χ3v) is 3.83. The summed E-state index contributed by atoms with van der Waals surface area (Å²) in [4.78, 5) is 2.22. The first kappa shape index (κ1) is 12.2. The maximum Gasteiger partial charge on any atom is 0.0701 e. The van der Waals surface area contributed by atoms with Gasteiger partial charge < -0.3 is 10.2 Å². The van der Waals surface area contributed by atoms with Crippen LogP contribution in [-0.4, -0.2) is 31.6 Å². The summed E-state index contributed by atoms with van der Waals surface area (Å²) >= 11 is 5.19. The summed E-state index contributed by atoms with van der Waals surface area (Å²) in [7, 11) is 4.21. The van der Waals surface area contributed by atoms with E-state index in [0.29, 0.717) is 6.04 Å². The van der Waals surface area contributed by atoms with Crippen molar-refractivity contribution in [2.75, 3.05) is 20.6 Å². The van der Waals surface area contributed by atoms with Gasteiger partial charge in [0.15, 0.2) is 0 Å². The largest absolute Gasteiger partial charge is 0.311 e. The molecule has 0 aromatic carbocycles. The summed E-state index contributed by atoms with van der Waals surface area (Å²) in [6.45, 7) is 4.21. The standard InChI is InChI=1S/C10H17BrN2S/c1-8(13(2)3)5-12-6-9-4-10(11)14-7-9/h4,7-8,12H,5-6H2,1-3H3. The normalized spacial score (nSPS) is 13.5. The summed E-state index contributed by atoms with van der Waals surface area (Å²) in [5.74, 6) is 0. The van der Waals surface area contributed by atoms with Gasteiger partial charge in [-0.2, -0.15) is 0 Å². The fourth-order valence-corrected chi connectivity index (χ4v) is 2.26. The maximum atomic E-state index is 3.46. The van der Waals surface area contributed by atoms with E-state index in [-0.39, 0.29) is 0 Å². The van der Waals surface area contributed by atoms with Crippen molar-refractivity contribution in [1.82, 2.24) is 10.2 Å².